The molecule has 4 N–H and O–H groups in total. The number of primary amides is 1. The molecule has 1 saturated heterocycles. The lowest BCUT2D eigenvalue weighted by atomic mass is 9.80. The third kappa shape index (κ3) is 4.87. The molecule has 2 aromatic carbocycles. The van der Waals surface area contributed by atoms with E-state index in [4.69, 9.17) is 10.2 Å². The minimum Gasteiger partial charge on any atom is -0.464 e. The van der Waals surface area contributed by atoms with E-state index < -0.39 is 26.6 Å². The van der Waals surface area contributed by atoms with Gasteiger partial charge in [0.05, 0.1) is 29.5 Å². The first-order chi connectivity index (χ1) is 18.2. The van der Waals surface area contributed by atoms with Crippen LogP contribution in [0.1, 0.15) is 51.1 Å². The number of nitrogens with one attached hydrogen (secondary N) is 1. The van der Waals surface area contributed by atoms with Gasteiger partial charge >= 0.3 is 10.1 Å². The van der Waals surface area contributed by atoms with Crippen LogP contribution in [0.5, 0.6) is 0 Å². The molecule has 1 fully saturated rings. The minimum atomic E-state index is -4.79. The van der Waals surface area contributed by atoms with E-state index in [-0.39, 0.29) is 23.5 Å². The van der Waals surface area contributed by atoms with E-state index in [2.05, 4.69) is 9.12 Å². The number of furan rings is 1. The maximum absolute atomic E-state index is 13.7. The summed E-state index contributed by atoms with van der Waals surface area (Å²) in [6.07, 6.45) is 4.18. The van der Waals surface area contributed by atoms with Crippen molar-refractivity contribution in [2.24, 2.45) is 10.1 Å². The van der Waals surface area contributed by atoms with Crippen LogP contribution in [0.4, 0.5) is 0 Å². The number of nitrogens with zero attached hydrogens (tertiary/aromatic N) is 2. The zero-order valence-corrected chi connectivity index (χ0v) is 21.9. The molecule has 12 heteroatoms. The van der Waals surface area contributed by atoms with Gasteiger partial charge in [-0.3, -0.25) is 14.1 Å². The average molecular weight is 555 g/mol. The molecular weight excluding hydrogens is 528 g/mol. The number of carbonyl (C=O) groups is 2. The number of amides is 2. The van der Waals surface area contributed by atoms with E-state index in [1.807, 2.05) is 30.3 Å². The van der Waals surface area contributed by atoms with Crippen molar-refractivity contribution in [2.45, 2.75) is 31.2 Å². The highest BCUT2D eigenvalue weighted by atomic mass is 32.2. The Bertz CT molecular complexity index is 1500. The number of rotatable bonds is 6. The fraction of sp³-hybridized carbons (Fsp3) is 0.269. The van der Waals surface area contributed by atoms with Crippen molar-refractivity contribution in [1.82, 2.24) is 9.62 Å². The summed E-state index contributed by atoms with van der Waals surface area (Å²) in [6, 6.07) is 15.3. The number of piperidine rings is 1. The maximum Gasteiger partial charge on any atom is 0.311 e. The standard InChI is InChI=1S/C26H26N4O6S2/c27-23(31)18-14-20(22-10-7-13-36-22)21(15-19(18)24(32)30-11-5-2-6-12-30)26(16-17-8-3-1-4-9-17)25(28-37-29-26)38(33,34)35/h1,3-4,7-10,13-15,29H,2,5-6,11-12,16H2,(H2,27,31)(H,33,34,35). The van der Waals surface area contributed by atoms with Crippen LogP contribution < -0.4 is 10.5 Å². The highest BCUT2D eigenvalue weighted by Gasteiger charge is 2.50. The smallest absolute Gasteiger partial charge is 0.311 e. The minimum absolute atomic E-state index is 0.0124. The summed E-state index contributed by atoms with van der Waals surface area (Å²) in [5.41, 5.74) is 5.54. The molecule has 3 aromatic rings. The molecule has 0 bridgehead atoms. The predicted octanol–water partition coefficient (Wildman–Crippen LogP) is 3.56. The molecule has 3 heterocycles. The van der Waals surface area contributed by atoms with Gasteiger partial charge in [0, 0.05) is 25.1 Å². The topological polar surface area (TPSA) is 155 Å². The van der Waals surface area contributed by atoms with Gasteiger partial charge in [0.1, 0.15) is 11.3 Å². The van der Waals surface area contributed by atoms with Gasteiger partial charge in [0.15, 0.2) is 5.04 Å². The third-order valence-corrected chi connectivity index (χ3v) is 8.57. The van der Waals surface area contributed by atoms with Gasteiger partial charge in [-0.25, -0.2) is 4.72 Å². The molecule has 0 aliphatic carbocycles. The lowest BCUT2D eigenvalue weighted by molar-refractivity contribution is 0.0719. The van der Waals surface area contributed by atoms with Gasteiger partial charge < -0.3 is 15.1 Å². The Kier molecular flexibility index (Phi) is 7.14. The molecule has 38 heavy (non-hydrogen) atoms. The lowest BCUT2D eigenvalue weighted by Crippen LogP contribution is -2.48. The van der Waals surface area contributed by atoms with Gasteiger partial charge in [-0.1, -0.05) is 30.3 Å². The molecule has 198 valence electrons. The quantitative estimate of drug-likeness (QED) is 0.309. The van der Waals surface area contributed by atoms with Crippen LogP contribution in [0.2, 0.25) is 0 Å². The van der Waals surface area contributed by atoms with Crippen LogP contribution in [0.15, 0.2) is 69.7 Å². The van der Waals surface area contributed by atoms with Crippen molar-refractivity contribution in [3.8, 4) is 11.3 Å². The van der Waals surface area contributed by atoms with Gasteiger partial charge in [0.2, 0.25) is 5.91 Å². The number of carbonyl (C=O) groups excluding carboxylic acids is 2. The Morgan fingerprint density at radius 3 is 2.45 bits per heavy atom. The first-order valence-electron chi connectivity index (χ1n) is 12.1. The molecule has 10 nitrogen and oxygen atoms in total. The van der Waals surface area contributed by atoms with E-state index in [0.717, 1.165) is 37.0 Å². The molecule has 0 saturated carbocycles. The number of benzene rings is 2. The maximum atomic E-state index is 13.7. The van der Waals surface area contributed by atoms with Crippen molar-refractivity contribution in [3.05, 3.63) is 83.1 Å². The van der Waals surface area contributed by atoms with Crippen LogP contribution in [-0.2, 0) is 22.1 Å². The summed E-state index contributed by atoms with van der Waals surface area (Å²) < 4.78 is 48.3. The second kappa shape index (κ2) is 10.4. The van der Waals surface area contributed by atoms with Crippen LogP contribution in [0.3, 0.4) is 0 Å². The molecule has 1 aromatic heterocycles. The molecule has 2 amide bonds. The zero-order chi connectivity index (χ0) is 26.9. The largest absolute Gasteiger partial charge is 0.464 e. The van der Waals surface area contributed by atoms with Crippen molar-refractivity contribution in [1.29, 1.82) is 0 Å². The first-order valence-corrected chi connectivity index (χ1v) is 14.3. The first kappa shape index (κ1) is 26.2. The molecule has 1 unspecified atom stereocenters. The summed E-state index contributed by atoms with van der Waals surface area (Å²) in [6.45, 7) is 1.07. The summed E-state index contributed by atoms with van der Waals surface area (Å²) >= 11 is 0.770. The van der Waals surface area contributed by atoms with Gasteiger partial charge in [-0.05, 0) is 54.7 Å². The van der Waals surface area contributed by atoms with Gasteiger partial charge in [0.25, 0.3) is 5.91 Å². The van der Waals surface area contributed by atoms with E-state index in [9.17, 15) is 22.6 Å². The van der Waals surface area contributed by atoms with Crippen molar-refractivity contribution >= 4 is 39.1 Å². The Balaban J connectivity index is 1.80. The second-order valence-corrected chi connectivity index (χ2v) is 11.2. The SMILES string of the molecule is NC(=O)c1cc(-c2ccco2)c(C2(Cc3ccccc3)NSN=C2S(=O)(=O)O)cc1C(=O)N1CCCCC1. The van der Waals surface area contributed by atoms with Crippen LogP contribution >= 0.6 is 12.1 Å². The second-order valence-electron chi connectivity index (χ2n) is 9.27. The Morgan fingerprint density at radius 1 is 1.08 bits per heavy atom. The van der Waals surface area contributed by atoms with Crippen LogP contribution in [0, 0.1) is 0 Å². The van der Waals surface area contributed by atoms with Crippen LogP contribution in [-0.4, -0.2) is 47.8 Å². The molecule has 1 atom stereocenters. The third-order valence-electron chi connectivity index (χ3n) is 6.81. The monoisotopic (exact) mass is 554 g/mol. The molecule has 2 aliphatic heterocycles. The summed E-state index contributed by atoms with van der Waals surface area (Å²) in [5.74, 6) is -0.865. The molecule has 5 rings (SSSR count). The zero-order valence-electron chi connectivity index (χ0n) is 20.3. The molecule has 2 aliphatic rings. The highest BCUT2D eigenvalue weighted by molar-refractivity contribution is 8.05. The van der Waals surface area contributed by atoms with Crippen molar-refractivity contribution in [2.75, 3.05) is 13.1 Å². The molecule has 0 spiro atoms. The molecular formula is C26H26N4O6S2. The molecule has 0 radical (unpaired) electrons. The van der Waals surface area contributed by atoms with Gasteiger partial charge in [-0.15, -0.1) is 0 Å². The summed E-state index contributed by atoms with van der Waals surface area (Å²) in [5, 5.41) is -0.519. The van der Waals surface area contributed by atoms with E-state index >= 15 is 0 Å². The Hall–Kier alpha value is -3.45. The number of hydrogen-bond acceptors (Lipinski definition) is 8. The number of likely N-dealkylation sites (tertiary alicyclic amines) is 1. The fourth-order valence-corrected chi connectivity index (χ4v) is 6.99. The van der Waals surface area contributed by atoms with E-state index in [1.165, 1.54) is 18.4 Å². The lowest BCUT2D eigenvalue weighted by Gasteiger charge is -2.33. The Labute approximate surface area is 224 Å². The Morgan fingerprint density at radius 2 is 1.82 bits per heavy atom. The van der Waals surface area contributed by atoms with Crippen LogP contribution in [0.25, 0.3) is 11.3 Å². The highest BCUT2D eigenvalue weighted by Crippen LogP contribution is 2.43. The van der Waals surface area contributed by atoms with Crippen molar-refractivity contribution < 1.29 is 27.0 Å². The number of nitrogens with two attached hydrogens (primary N) is 1. The van der Waals surface area contributed by atoms with Crippen molar-refractivity contribution in [3.63, 3.8) is 0 Å². The number of hydrogen-bond donors (Lipinski definition) is 3. The van der Waals surface area contributed by atoms with E-state index in [1.54, 1.807) is 17.0 Å². The fourth-order valence-electron chi connectivity index (χ4n) is 5.05. The summed E-state index contributed by atoms with van der Waals surface area (Å²) in [7, 11) is -4.79. The van der Waals surface area contributed by atoms with Gasteiger partial charge in [-0.2, -0.15) is 12.8 Å². The average Bonchev–Trinajstić information content (AvgIpc) is 3.60. The predicted molar refractivity (Wildman–Crippen MR) is 144 cm³/mol. The van der Waals surface area contributed by atoms with E-state index in [0.29, 0.717) is 30.0 Å². The normalized spacial score (nSPS) is 19.8. The summed E-state index contributed by atoms with van der Waals surface area (Å²) in [4.78, 5) is 28.0.